The molecule has 0 unspecified atom stereocenters. The third kappa shape index (κ3) is 2.49. The van der Waals surface area contributed by atoms with Crippen LogP contribution in [0.25, 0.3) is 0 Å². The van der Waals surface area contributed by atoms with Crippen molar-refractivity contribution in [2.45, 2.75) is 0 Å². The van der Waals surface area contributed by atoms with Gasteiger partial charge in [-0.1, -0.05) is 29.3 Å². The van der Waals surface area contributed by atoms with Gasteiger partial charge in [-0.15, -0.1) is 0 Å². The fourth-order valence-corrected chi connectivity index (χ4v) is 1.15. The molecule has 0 amide bonds. The van der Waals surface area contributed by atoms with Crippen LogP contribution < -0.4 is 4.74 Å². The van der Waals surface area contributed by atoms with Crippen LogP contribution in [0.15, 0.2) is 18.2 Å². The molecule has 0 atom stereocenters. The summed E-state index contributed by atoms with van der Waals surface area (Å²) in [5.74, 6) is 0.365. The van der Waals surface area contributed by atoms with Gasteiger partial charge in [0.05, 0.1) is 5.02 Å². The van der Waals surface area contributed by atoms with Crippen LogP contribution in [-0.4, -0.2) is 4.51 Å². The van der Waals surface area contributed by atoms with Crippen molar-refractivity contribution in [3.8, 4) is 5.75 Å². The normalized spacial score (nSPS) is 9.58. The van der Waals surface area contributed by atoms with Gasteiger partial charge in [0.1, 0.15) is 10.8 Å². The predicted molar refractivity (Wildman–Crippen MR) is 55.5 cm³/mol. The molecule has 1 rings (SSSR count). The molecule has 1 nitrogen and oxygen atoms in total. The fourth-order valence-electron chi connectivity index (χ4n) is 0.649. The van der Waals surface area contributed by atoms with Gasteiger partial charge in [-0.05, 0) is 36.0 Å². The molecule has 5 heteroatoms. The topological polar surface area (TPSA) is 9.23 Å². The zero-order valence-electron chi connectivity index (χ0n) is 5.68. The Morgan fingerprint density at radius 1 is 1.33 bits per heavy atom. The first-order valence-electron chi connectivity index (χ1n) is 2.92. The first kappa shape index (κ1) is 10.1. The zero-order chi connectivity index (χ0) is 9.14. The van der Waals surface area contributed by atoms with Gasteiger partial charge in [-0.25, -0.2) is 0 Å². The Kier molecular flexibility index (Phi) is 3.59. The van der Waals surface area contributed by atoms with E-state index >= 15 is 0 Å². The number of ether oxygens (including phenoxy) is 1. The van der Waals surface area contributed by atoms with E-state index in [1.807, 2.05) is 0 Å². The van der Waals surface area contributed by atoms with Crippen molar-refractivity contribution in [1.82, 2.24) is 0 Å². The molecule has 0 heterocycles. The maximum Gasteiger partial charge on any atom is 0.260 e. The summed E-state index contributed by atoms with van der Waals surface area (Å²) in [5, 5.41) is 0.712. The largest absolute Gasteiger partial charge is 0.434 e. The van der Waals surface area contributed by atoms with E-state index in [-0.39, 0.29) is 4.51 Å². The highest BCUT2D eigenvalue weighted by molar-refractivity contribution is 7.82. The quantitative estimate of drug-likeness (QED) is 0.545. The standard InChI is InChI=1S/C7H3Cl3OS/c8-4-2-1-3-5(6(4)9)11-7(10)12/h1-3H. The van der Waals surface area contributed by atoms with E-state index in [1.54, 1.807) is 18.2 Å². The summed E-state index contributed by atoms with van der Waals surface area (Å²) in [5.41, 5.74) is 0. The minimum Gasteiger partial charge on any atom is -0.434 e. The molecule has 1 aromatic carbocycles. The number of halogens is 3. The Balaban J connectivity index is 3.00. The number of rotatable bonds is 1. The zero-order valence-corrected chi connectivity index (χ0v) is 8.77. The molecule has 1 aromatic rings. The summed E-state index contributed by atoms with van der Waals surface area (Å²) in [6, 6.07) is 4.97. The molecule has 0 fully saturated rings. The first-order valence-corrected chi connectivity index (χ1v) is 4.47. The predicted octanol–water partition coefficient (Wildman–Crippen LogP) is 3.90. The Hall–Kier alpha value is -0.0200. The molecule has 0 N–H and O–H groups in total. The van der Waals surface area contributed by atoms with E-state index in [1.165, 1.54) is 0 Å². The van der Waals surface area contributed by atoms with Gasteiger partial charge in [-0.3, -0.25) is 0 Å². The molecule has 12 heavy (non-hydrogen) atoms. The average Bonchev–Trinajstić information content (AvgIpc) is 1.98. The summed E-state index contributed by atoms with van der Waals surface area (Å²) >= 11 is 21.3. The van der Waals surface area contributed by atoms with E-state index < -0.39 is 0 Å². The monoisotopic (exact) mass is 240 g/mol. The third-order valence-corrected chi connectivity index (χ3v) is 2.07. The molecule has 0 aliphatic carbocycles. The molecular formula is C7H3Cl3OS. The van der Waals surface area contributed by atoms with Crippen molar-refractivity contribution < 1.29 is 4.74 Å². The van der Waals surface area contributed by atoms with Gasteiger partial charge in [0, 0.05) is 0 Å². The fraction of sp³-hybridized carbons (Fsp3) is 0. The Morgan fingerprint density at radius 3 is 2.58 bits per heavy atom. The Bertz CT molecular complexity index is 314. The highest BCUT2D eigenvalue weighted by Gasteiger charge is 2.05. The average molecular weight is 242 g/mol. The van der Waals surface area contributed by atoms with Gasteiger partial charge >= 0.3 is 0 Å². The third-order valence-electron chi connectivity index (χ3n) is 1.11. The lowest BCUT2D eigenvalue weighted by Gasteiger charge is -2.04. The van der Waals surface area contributed by atoms with Crippen molar-refractivity contribution >= 4 is 51.5 Å². The van der Waals surface area contributed by atoms with Crippen LogP contribution in [0, 0.1) is 0 Å². The van der Waals surface area contributed by atoms with E-state index in [0.717, 1.165) is 0 Å². The Morgan fingerprint density at radius 2 is 2.00 bits per heavy atom. The SMILES string of the molecule is S=C(Cl)Oc1cccc(Cl)c1Cl. The van der Waals surface area contributed by atoms with E-state index in [2.05, 4.69) is 12.2 Å². The van der Waals surface area contributed by atoms with Gasteiger partial charge in [-0.2, -0.15) is 0 Å². The van der Waals surface area contributed by atoms with Crippen molar-refractivity contribution in [3.05, 3.63) is 28.2 Å². The van der Waals surface area contributed by atoms with Crippen molar-refractivity contribution in [1.29, 1.82) is 0 Å². The van der Waals surface area contributed by atoms with Crippen molar-refractivity contribution in [2.24, 2.45) is 0 Å². The van der Waals surface area contributed by atoms with E-state index in [4.69, 9.17) is 39.5 Å². The number of benzene rings is 1. The van der Waals surface area contributed by atoms with Crippen LogP contribution in [-0.2, 0) is 0 Å². The van der Waals surface area contributed by atoms with Crippen LogP contribution in [0.5, 0.6) is 5.75 Å². The maximum absolute atomic E-state index is 5.76. The molecule has 64 valence electrons. The van der Waals surface area contributed by atoms with Crippen molar-refractivity contribution in [3.63, 3.8) is 0 Å². The maximum atomic E-state index is 5.76. The molecule has 0 spiro atoms. The molecule has 0 aliphatic rings. The van der Waals surface area contributed by atoms with Crippen LogP contribution in [0.3, 0.4) is 0 Å². The summed E-state index contributed by atoms with van der Waals surface area (Å²) in [4.78, 5) is 0. The second-order valence-corrected chi connectivity index (χ2v) is 3.62. The van der Waals surface area contributed by atoms with E-state index in [9.17, 15) is 0 Å². The van der Waals surface area contributed by atoms with Crippen LogP contribution in [0.1, 0.15) is 0 Å². The first-order chi connectivity index (χ1) is 5.61. The minimum atomic E-state index is -0.112. The lowest BCUT2D eigenvalue weighted by Crippen LogP contribution is -1.95. The number of hydrogen-bond acceptors (Lipinski definition) is 2. The molecule has 0 saturated carbocycles. The lowest BCUT2D eigenvalue weighted by molar-refractivity contribution is 0.578. The lowest BCUT2D eigenvalue weighted by atomic mass is 10.3. The van der Waals surface area contributed by atoms with Crippen LogP contribution in [0.2, 0.25) is 10.0 Å². The number of hydrogen-bond donors (Lipinski definition) is 0. The number of thiocarbonyl (C=S) groups is 1. The molecule has 0 saturated heterocycles. The van der Waals surface area contributed by atoms with Crippen LogP contribution >= 0.6 is 47.0 Å². The smallest absolute Gasteiger partial charge is 0.260 e. The second-order valence-electron chi connectivity index (χ2n) is 1.89. The highest BCUT2D eigenvalue weighted by atomic mass is 35.5. The van der Waals surface area contributed by atoms with Crippen molar-refractivity contribution in [2.75, 3.05) is 0 Å². The summed E-state index contributed by atoms with van der Waals surface area (Å²) < 4.78 is 4.79. The van der Waals surface area contributed by atoms with Gasteiger partial charge in [0.25, 0.3) is 4.51 Å². The molecule has 0 bridgehead atoms. The summed E-state index contributed by atoms with van der Waals surface area (Å²) in [6.07, 6.45) is 0. The van der Waals surface area contributed by atoms with E-state index in [0.29, 0.717) is 15.8 Å². The molecule has 0 aromatic heterocycles. The van der Waals surface area contributed by atoms with Crippen LogP contribution in [0.4, 0.5) is 0 Å². The second kappa shape index (κ2) is 4.28. The van der Waals surface area contributed by atoms with Gasteiger partial charge < -0.3 is 4.74 Å². The highest BCUT2D eigenvalue weighted by Crippen LogP contribution is 2.31. The van der Waals surface area contributed by atoms with Gasteiger partial charge in [0.15, 0.2) is 0 Å². The molecular weight excluding hydrogens is 239 g/mol. The minimum absolute atomic E-state index is 0.112. The summed E-state index contributed by atoms with van der Waals surface area (Å²) in [7, 11) is 0. The Labute approximate surface area is 90.2 Å². The molecule has 0 radical (unpaired) electrons. The summed E-state index contributed by atoms with van der Waals surface area (Å²) in [6.45, 7) is 0. The molecule has 0 aliphatic heterocycles. The van der Waals surface area contributed by atoms with Gasteiger partial charge in [0.2, 0.25) is 0 Å².